The molecule has 1 aliphatic carbocycles. The molecule has 89 valence electrons. The van der Waals surface area contributed by atoms with Gasteiger partial charge in [-0.05, 0) is 18.8 Å². The van der Waals surface area contributed by atoms with Crippen LogP contribution in [0.1, 0.15) is 32.1 Å². The number of halogens is 6. The lowest BCUT2D eigenvalue weighted by molar-refractivity contribution is -0.217. The largest absolute Gasteiger partial charge is 0.404 e. The van der Waals surface area contributed by atoms with Gasteiger partial charge in [-0.15, -0.1) is 0 Å². The molecule has 0 bridgehead atoms. The van der Waals surface area contributed by atoms with E-state index in [1.54, 1.807) is 0 Å². The Labute approximate surface area is 83.6 Å². The van der Waals surface area contributed by atoms with E-state index >= 15 is 0 Å². The van der Waals surface area contributed by atoms with Crippen molar-refractivity contribution in [1.29, 1.82) is 0 Å². The number of alkyl halides is 6. The van der Waals surface area contributed by atoms with Crippen LogP contribution in [0.4, 0.5) is 26.3 Å². The van der Waals surface area contributed by atoms with Gasteiger partial charge in [-0.2, -0.15) is 26.3 Å². The van der Waals surface area contributed by atoms with Gasteiger partial charge in [-0.3, -0.25) is 0 Å². The summed E-state index contributed by atoms with van der Waals surface area (Å²) in [6.45, 7) is 0. The van der Waals surface area contributed by atoms with E-state index < -0.39 is 24.2 Å². The van der Waals surface area contributed by atoms with Gasteiger partial charge in [0.05, 0.1) is 0 Å². The molecule has 0 N–H and O–H groups in total. The highest BCUT2D eigenvalue weighted by Crippen LogP contribution is 2.49. The first-order chi connectivity index (χ1) is 6.73. The number of hydrogen-bond acceptors (Lipinski definition) is 0. The monoisotopic (exact) mass is 233 g/mol. The molecule has 0 saturated heterocycles. The molecule has 1 aliphatic rings. The van der Waals surface area contributed by atoms with Crippen LogP contribution in [0.2, 0.25) is 0 Å². The highest BCUT2D eigenvalue weighted by atomic mass is 19.4. The fourth-order valence-electron chi connectivity index (χ4n) is 2.01. The first-order valence-electron chi connectivity index (χ1n) is 4.74. The van der Waals surface area contributed by atoms with Gasteiger partial charge in [-0.1, -0.05) is 19.3 Å². The molecule has 0 aromatic heterocycles. The maximum Gasteiger partial charge on any atom is 0.404 e. The third-order valence-corrected chi connectivity index (χ3v) is 2.62. The molecular weight excluding hydrogens is 222 g/mol. The zero-order valence-electron chi connectivity index (χ0n) is 7.88. The molecule has 15 heavy (non-hydrogen) atoms. The van der Waals surface area contributed by atoms with Crippen molar-refractivity contribution in [2.75, 3.05) is 0 Å². The van der Waals surface area contributed by atoms with Gasteiger partial charge in [-0.25, -0.2) is 0 Å². The summed E-state index contributed by atoms with van der Waals surface area (Å²) in [6.07, 6.45) is -8.90. The first kappa shape index (κ1) is 12.6. The molecule has 0 aromatic carbocycles. The lowest BCUT2D eigenvalue weighted by Gasteiger charge is -2.32. The minimum Gasteiger partial charge on any atom is -0.170 e. The third-order valence-electron chi connectivity index (χ3n) is 2.62. The SMILES string of the molecule is FC(F)(F)[C](C1CCCCC1)C(F)(F)F. The molecule has 0 aliphatic heterocycles. The van der Waals surface area contributed by atoms with Gasteiger partial charge in [0, 0.05) is 0 Å². The standard InChI is InChI=1S/C9H11F6/c10-8(11,12)7(9(13,14)15)6-4-2-1-3-5-6/h6H,1-5H2. The van der Waals surface area contributed by atoms with E-state index in [9.17, 15) is 26.3 Å². The summed E-state index contributed by atoms with van der Waals surface area (Å²) in [6, 6.07) is 0. The summed E-state index contributed by atoms with van der Waals surface area (Å²) in [5, 5.41) is 0. The van der Waals surface area contributed by atoms with Gasteiger partial charge in [0.2, 0.25) is 0 Å². The van der Waals surface area contributed by atoms with Crippen molar-refractivity contribution in [2.45, 2.75) is 44.5 Å². The smallest absolute Gasteiger partial charge is 0.170 e. The van der Waals surface area contributed by atoms with Gasteiger partial charge >= 0.3 is 12.4 Å². The summed E-state index contributed by atoms with van der Waals surface area (Å²) in [5.74, 6) is -3.56. The van der Waals surface area contributed by atoms with Crippen LogP contribution in [0, 0.1) is 11.8 Å². The van der Waals surface area contributed by atoms with E-state index in [-0.39, 0.29) is 12.8 Å². The topological polar surface area (TPSA) is 0 Å². The normalized spacial score (nSPS) is 21.0. The van der Waals surface area contributed by atoms with Crippen molar-refractivity contribution in [2.24, 2.45) is 5.92 Å². The molecule has 1 radical (unpaired) electrons. The highest BCUT2D eigenvalue weighted by Gasteiger charge is 2.60. The molecular formula is C9H11F6. The maximum absolute atomic E-state index is 12.2. The van der Waals surface area contributed by atoms with E-state index in [1.807, 2.05) is 0 Å². The van der Waals surface area contributed by atoms with E-state index in [4.69, 9.17) is 0 Å². The average molecular weight is 233 g/mol. The van der Waals surface area contributed by atoms with Crippen LogP contribution >= 0.6 is 0 Å². The van der Waals surface area contributed by atoms with Crippen molar-refractivity contribution in [3.8, 4) is 0 Å². The van der Waals surface area contributed by atoms with Crippen LogP contribution in [0.25, 0.3) is 0 Å². The van der Waals surface area contributed by atoms with E-state index in [0.717, 1.165) is 6.42 Å². The van der Waals surface area contributed by atoms with Crippen LogP contribution in [0.3, 0.4) is 0 Å². The molecule has 0 heterocycles. The minimum absolute atomic E-state index is 0.00560. The second-order valence-electron chi connectivity index (χ2n) is 3.74. The maximum atomic E-state index is 12.2. The highest BCUT2D eigenvalue weighted by molar-refractivity contribution is 5.09. The van der Waals surface area contributed by atoms with Crippen molar-refractivity contribution in [3.05, 3.63) is 5.92 Å². The Kier molecular flexibility index (Phi) is 3.55. The third kappa shape index (κ3) is 3.28. The molecule has 0 aromatic rings. The fraction of sp³-hybridized carbons (Fsp3) is 0.889. The Morgan fingerprint density at radius 3 is 1.47 bits per heavy atom. The van der Waals surface area contributed by atoms with Crippen molar-refractivity contribution in [1.82, 2.24) is 0 Å². The summed E-state index contributed by atoms with van der Waals surface area (Å²) in [7, 11) is 0. The summed E-state index contributed by atoms with van der Waals surface area (Å²) in [4.78, 5) is 0. The molecule has 1 rings (SSSR count). The molecule has 0 spiro atoms. The zero-order chi connectivity index (χ0) is 11.7. The Hall–Kier alpha value is -0.420. The quantitative estimate of drug-likeness (QED) is 0.593. The van der Waals surface area contributed by atoms with Gasteiger partial charge in [0.15, 0.2) is 5.92 Å². The average Bonchev–Trinajstić information content (AvgIpc) is 2.00. The van der Waals surface area contributed by atoms with Gasteiger partial charge < -0.3 is 0 Å². The zero-order valence-corrected chi connectivity index (χ0v) is 7.88. The van der Waals surface area contributed by atoms with Crippen molar-refractivity contribution >= 4 is 0 Å². The summed E-state index contributed by atoms with van der Waals surface area (Å²) in [5.41, 5.74) is 0. The second-order valence-corrected chi connectivity index (χ2v) is 3.74. The Morgan fingerprint density at radius 2 is 1.13 bits per heavy atom. The van der Waals surface area contributed by atoms with Crippen molar-refractivity contribution in [3.63, 3.8) is 0 Å². The van der Waals surface area contributed by atoms with Crippen molar-refractivity contribution < 1.29 is 26.3 Å². The van der Waals surface area contributed by atoms with Gasteiger partial charge in [0.1, 0.15) is 0 Å². The summed E-state index contributed by atoms with van der Waals surface area (Å²) < 4.78 is 73.5. The Morgan fingerprint density at radius 1 is 0.733 bits per heavy atom. The predicted octanol–water partition coefficient (Wildman–Crippen LogP) is 4.27. The molecule has 1 saturated carbocycles. The van der Waals surface area contributed by atoms with Crippen LogP contribution in [0.15, 0.2) is 0 Å². The van der Waals surface area contributed by atoms with Gasteiger partial charge in [0.25, 0.3) is 0 Å². The number of hydrogen-bond donors (Lipinski definition) is 0. The Bertz CT molecular complexity index is 184. The van der Waals surface area contributed by atoms with E-state index in [2.05, 4.69) is 0 Å². The molecule has 0 unspecified atom stereocenters. The lowest BCUT2D eigenvalue weighted by atomic mass is 9.79. The lowest BCUT2D eigenvalue weighted by Crippen LogP contribution is -2.40. The Balaban J connectivity index is 2.80. The minimum atomic E-state index is -5.25. The first-order valence-corrected chi connectivity index (χ1v) is 4.74. The molecule has 6 heteroatoms. The fourth-order valence-corrected chi connectivity index (χ4v) is 2.01. The van der Waals surface area contributed by atoms with E-state index in [1.165, 1.54) is 0 Å². The summed E-state index contributed by atoms with van der Waals surface area (Å²) >= 11 is 0. The van der Waals surface area contributed by atoms with Crippen LogP contribution in [-0.4, -0.2) is 12.4 Å². The molecule has 0 atom stereocenters. The predicted molar refractivity (Wildman–Crippen MR) is 41.9 cm³/mol. The molecule has 0 nitrogen and oxygen atoms in total. The van der Waals surface area contributed by atoms with Crippen LogP contribution in [0.5, 0.6) is 0 Å². The van der Waals surface area contributed by atoms with Crippen LogP contribution in [-0.2, 0) is 0 Å². The number of rotatable bonds is 1. The molecule has 0 amide bonds. The van der Waals surface area contributed by atoms with Crippen LogP contribution < -0.4 is 0 Å². The second kappa shape index (κ2) is 4.22. The molecule has 1 fully saturated rings. The van der Waals surface area contributed by atoms with E-state index in [0.29, 0.717) is 12.8 Å².